The van der Waals surface area contributed by atoms with Gasteiger partial charge in [0, 0.05) is 25.4 Å². The molecule has 3 heterocycles. The number of aromatic nitrogens is 4. The Hall–Kier alpha value is -2.31. The Bertz CT molecular complexity index is 640. The molecule has 1 aliphatic heterocycles. The summed E-state index contributed by atoms with van der Waals surface area (Å²) in [6.07, 6.45) is 5.93. The van der Waals surface area contributed by atoms with Crippen LogP contribution >= 0.6 is 0 Å². The van der Waals surface area contributed by atoms with Crippen LogP contribution in [0.5, 0.6) is 0 Å². The molecule has 0 spiro atoms. The number of anilines is 2. The third-order valence-corrected chi connectivity index (χ3v) is 3.53. The zero-order valence-corrected chi connectivity index (χ0v) is 11.3. The molecule has 0 amide bonds. The van der Waals surface area contributed by atoms with Crippen LogP contribution in [-0.2, 0) is 13.1 Å². The van der Waals surface area contributed by atoms with Gasteiger partial charge < -0.3 is 10.6 Å². The lowest BCUT2D eigenvalue weighted by molar-refractivity contribution is 0.483. The van der Waals surface area contributed by atoms with E-state index in [2.05, 4.69) is 15.1 Å². The van der Waals surface area contributed by atoms with Gasteiger partial charge in [-0.1, -0.05) is 0 Å². The summed E-state index contributed by atoms with van der Waals surface area (Å²) in [4.78, 5) is 14.2. The second kappa shape index (κ2) is 5.36. The summed E-state index contributed by atoms with van der Waals surface area (Å²) in [6.45, 7) is 3.09. The Kier molecular flexibility index (Phi) is 3.41. The van der Waals surface area contributed by atoms with Crippen LogP contribution in [0, 0.1) is 0 Å². The van der Waals surface area contributed by atoms with Crippen LogP contribution in [0.3, 0.4) is 0 Å². The number of nitrogens with zero attached hydrogens (tertiary/aromatic N) is 5. The molecule has 0 aliphatic carbocycles. The summed E-state index contributed by atoms with van der Waals surface area (Å²) >= 11 is 0. The number of nitrogens with two attached hydrogens (primary N) is 1. The summed E-state index contributed by atoms with van der Waals surface area (Å²) in [5, 5.41) is 8.31. The Morgan fingerprint density at radius 3 is 2.70 bits per heavy atom. The smallest absolute Gasteiger partial charge is 0.268 e. The summed E-state index contributed by atoms with van der Waals surface area (Å²) in [7, 11) is 0. The monoisotopic (exact) mass is 274 g/mol. The van der Waals surface area contributed by atoms with Crippen LogP contribution in [-0.4, -0.2) is 32.7 Å². The standard InChI is InChI=1S/C13H18N6O/c14-12-3-6-18(16-12)7-8-19-13(20)9-11(10-15-19)17-4-1-2-5-17/h3,6,9-10H,1-2,4-5,7-8H2,(H2,14,16). The van der Waals surface area contributed by atoms with Crippen LogP contribution in [0.1, 0.15) is 12.8 Å². The largest absolute Gasteiger partial charge is 0.382 e. The molecule has 3 rings (SSSR count). The van der Waals surface area contributed by atoms with E-state index >= 15 is 0 Å². The number of hydrogen-bond acceptors (Lipinski definition) is 5. The van der Waals surface area contributed by atoms with Crippen molar-refractivity contribution in [3.8, 4) is 0 Å². The molecule has 1 aliphatic rings. The van der Waals surface area contributed by atoms with E-state index < -0.39 is 0 Å². The van der Waals surface area contributed by atoms with Crippen molar-refractivity contribution < 1.29 is 0 Å². The third-order valence-electron chi connectivity index (χ3n) is 3.53. The molecule has 0 unspecified atom stereocenters. The Balaban J connectivity index is 1.69. The second-order valence-corrected chi connectivity index (χ2v) is 4.97. The van der Waals surface area contributed by atoms with E-state index in [1.54, 1.807) is 29.2 Å². The van der Waals surface area contributed by atoms with Gasteiger partial charge in [-0.05, 0) is 18.9 Å². The molecule has 0 bridgehead atoms. The minimum absolute atomic E-state index is 0.0745. The molecule has 1 saturated heterocycles. The highest BCUT2D eigenvalue weighted by Crippen LogP contribution is 2.16. The van der Waals surface area contributed by atoms with Gasteiger partial charge in [-0.2, -0.15) is 10.2 Å². The highest BCUT2D eigenvalue weighted by Gasteiger charge is 2.13. The van der Waals surface area contributed by atoms with E-state index in [1.807, 2.05) is 0 Å². The fraction of sp³-hybridized carbons (Fsp3) is 0.462. The first kappa shape index (κ1) is 12.7. The predicted octanol–water partition coefficient (Wildman–Crippen LogP) is 0.322. The van der Waals surface area contributed by atoms with E-state index in [-0.39, 0.29) is 5.56 Å². The van der Waals surface area contributed by atoms with E-state index in [4.69, 9.17) is 5.73 Å². The molecular formula is C13H18N6O. The third kappa shape index (κ3) is 2.66. The summed E-state index contributed by atoms with van der Waals surface area (Å²) in [5.41, 5.74) is 6.39. The van der Waals surface area contributed by atoms with Gasteiger partial charge >= 0.3 is 0 Å². The molecule has 7 heteroatoms. The molecule has 106 valence electrons. The topological polar surface area (TPSA) is 82.0 Å². The van der Waals surface area contributed by atoms with Gasteiger partial charge in [-0.15, -0.1) is 0 Å². The van der Waals surface area contributed by atoms with Crippen molar-refractivity contribution in [2.24, 2.45) is 0 Å². The maximum absolute atomic E-state index is 12.0. The highest BCUT2D eigenvalue weighted by atomic mass is 16.1. The van der Waals surface area contributed by atoms with Crippen LogP contribution in [0.2, 0.25) is 0 Å². The van der Waals surface area contributed by atoms with Gasteiger partial charge in [0.2, 0.25) is 0 Å². The number of aryl methyl sites for hydroxylation is 2. The Morgan fingerprint density at radius 1 is 1.25 bits per heavy atom. The lowest BCUT2D eigenvalue weighted by Gasteiger charge is -2.17. The van der Waals surface area contributed by atoms with Gasteiger partial charge in [0.05, 0.1) is 25.0 Å². The molecule has 0 atom stereocenters. The lowest BCUT2D eigenvalue weighted by Crippen LogP contribution is -2.27. The van der Waals surface area contributed by atoms with Gasteiger partial charge in [-0.25, -0.2) is 4.68 Å². The molecular weight excluding hydrogens is 256 g/mol. The first-order chi connectivity index (χ1) is 9.72. The zero-order chi connectivity index (χ0) is 13.9. The molecule has 1 fully saturated rings. The van der Waals surface area contributed by atoms with Gasteiger partial charge in [-0.3, -0.25) is 9.48 Å². The predicted molar refractivity (Wildman–Crippen MR) is 76.6 cm³/mol. The second-order valence-electron chi connectivity index (χ2n) is 4.97. The Labute approximate surface area is 116 Å². The van der Waals surface area contributed by atoms with Crippen molar-refractivity contribution in [2.75, 3.05) is 23.7 Å². The molecule has 2 aromatic heterocycles. The SMILES string of the molecule is Nc1ccn(CCn2ncc(N3CCCC3)cc2=O)n1. The maximum Gasteiger partial charge on any atom is 0.268 e. The highest BCUT2D eigenvalue weighted by molar-refractivity contribution is 5.43. The minimum atomic E-state index is -0.0745. The van der Waals surface area contributed by atoms with E-state index in [9.17, 15) is 4.79 Å². The van der Waals surface area contributed by atoms with Crippen LogP contribution in [0.25, 0.3) is 0 Å². The van der Waals surface area contributed by atoms with Crippen LogP contribution < -0.4 is 16.2 Å². The lowest BCUT2D eigenvalue weighted by atomic mass is 10.4. The summed E-state index contributed by atoms with van der Waals surface area (Å²) in [5.74, 6) is 0.481. The van der Waals surface area contributed by atoms with Crippen LogP contribution in [0.15, 0.2) is 29.3 Å². The van der Waals surface area contributed by atoms with Crippen molar-refractivity contribution in [1.82, 2.24) is 19.6 Å². The van der Waals surface area contributed by atoms with Crippen molar-refractivity contribution in [1.29, 1.82) is 0 Å². The van der Waals surface area contributed by atoms with Crippen molar-refractivity contribution >= 4 is 11.5 Å². The van der Waals surface area contributed by atoms with Crippen molar-refractivity contribution in [3.05, 3.63) is 34.9 Å². The normalized spacial score (nSPS) is 14.9. The molecule has 0 saturated carbocycles. The quantitative estimate of drug-likeness (QED) is 0.868. The van der Waals surface area contributed by atoms with Crippen molar-refractivity contribution in [2.45, 2.75) is 25.9 Å². The van der Waals surface area contributed by atoms with Crippen LogP contribution in [0.4, 0.5) is 11.5 Å². The molecule has 20 heavy (non-hydrogen) atoms. The van der Waals surface area contributed by atoms with E-state index in [0.717, 1.165) is 18.8 Å². The first-order valence-corrected chi connectivity index (χ1v) is 6.83. The average Bonchev–Trinajstić information content (AvgIpc) is 3.08. The molecule has 0 radical (unpaired) electrons. The van der Waals surface area contributed by atoms with E-state index in [1.165, 1.54) is 17.5 Å². The average molecular weight is 274 g/mol. The van der Waals surface area contributed by atoms with Crippen molar-refractivity contribution in [3.63, 3.8) is 0 Å². The summed E-state index contributed by atoms with van der Waals surface area (Å²) in [6, 6.07) is 3.39. The summed E-state index contributed by atoms with van der Waals surface area (Å²) < 4.78 is 3.16. The zero-order valence-electron chi connectivity index (χ0n) is 11.3. The fourth-order valence-electron chi connectivity index (χ4n) is 2.44. The maximum atomic E-state index is 12.0. The van der Waals surface area contributed by atoms with E-state index in [0.29, 0.717) is 18.9 Å². The molecule has 0 aromatic carbocycles. The Morgan fingerprint density at radius 2 is 2.05 bits per heavy atom. The molecule has 7 nitrogen and oxygen atoms in total. The first-order valence-electron chi connectivity index (χ1n) is 6.83. The van der Waals surface area contributed by atoms with Gasteiger partial charge in [0.1, 0.15) is 5.82 Å². The van der Waals surface area contributed by atoms with Gasteiger partial charge in [0.25, 0.3) is 5.56 Å². The minimum Gasteiger partial charge on any atom is -0.382 e. The number of rotatable bonds is 4. The number of hydrogen-bond donors (Lipinski definition) is 1. The van der Waals surface area contributed by atoms with Gasteiger partial charge in [0.15, 0.2) is 0 Å². The fourth-order valence-corrected chi connectivity index (χ4v) is 2.44. The number of nitrogen functional groups attached to an aromatic ring is 1. The molecule has 2 N–H and O–H groups in total. The molecule has 2 aromatic rings.